The largest absolute Gasteiger partial charge is 0.508 e. The van der Waals surface area contributed by atoms with Gasteiger partial charge in [-0.1, -0.05) is 18.2 Å². The van der Waals surface area contributed by atoms with Gasteiger partial charge in [0.15, 0.2) is 0 Å². The second-order valence-corrected chi connectivity index (χ2v) is 3.64. The Morgan fingerprint density at radius 3 is 2.05 bits per heavy atom. The summed E-state index contributed by atoms with van der Waals surface area (Å²) in [6.07, 6.45) is 0.141. The number of phenols is 1. The van der Waals surface area contributed by atoms with E-state index in [2.05, 4.69) is 0 Å². The van der Waals surface area contributed by atoms with Gasteiger partial charge in [-0.25, -0.2) is 4.79 Å². The first-order valence-corrected chi connectivity index (χ1v) is 5.24. The van der Waals surface area contributed by atoms with Crippen LogP contribution >= 0.6 is 0 Å². The van der Waals surface area contributed by atoms with Crippen LogP contribution < -0.4 is 5.73 Å². The lowest BCUT2D eigenvalue weighted by atomic mass is 10.1. The molecule has 0 radical (unpaired) electrons. The third-order valence-electron chi connectivity index (χ3n) is 2.05. The molecule has 0 saturated carbocycles. The van der Waals surface area contributed by atoms with Gasteiger partial charge in [0.1, 0.15) is 11.8 Å². The smallest absolute Gasteiger partial charge is 0.371 e. The average Bonchev–Trinajstić information content (AvgIpc) is 2.32. The van der Waals surface area contributed by atoms with Crippen LogP contribution in [0.15, 0.2) is 24.3 Å². The van der Waals surface area contributed by atoms with Crippen LogP contribution in [0, 0.1) is 0 Å². The predicted octanol–water partition coefficient (Wildman–Crippen LogP) is 0.00660. The standard InChI is InChI=1S/C9H11NO3.C3H4O3/c10-7(9(12)13)5-6-3-1-2-4-8(6)11;1-2(4)3(5)6/h1-4,7,11H,5,10H2,(H,12,13);1H3,(H,5,6). The van der Waals surface area contributed by atoms with E-state index in [4.69, 9.17) is 15.9 Å². The first kappa shape index (κ1) is 16.6. The molecule has 1 unspecified atom stereocenters. The zero-order valence-electron chi connectivity index (χ0n) is 10.2. The van der Waals surface area contributed by atoms with E-state index in [-0.39, 0.29) is 12.2 Å². The van der Waals surface area contributed by atoms with E-state index in [0.717, 1.165) is 6.92 Å². The second kappa shape index (κ2) is 7.83. The summed E-state index contributed by atoms with van der Waals surface area (Å²) >= 11 is 0. The van der Waals surface area contributed by atoms with Gasteiger partial charge in [-0.15, -0.1) is 0 Å². The molecule has 0 aromatic heterocycles. The summed E-state index contributed by atoms with van der Waals surface area (Å²) in [6, 6.07) is 5.59. The van der Waals surface area contributed by atoms with Gasteiger partial charge < -0.3 is 21.1 Å². The number of hydrogen-bond donors (Lipinski definition) is 4. The average molecular weight is 269 g/mol. The van der Waals surface area contributed by atoms with E-state index in [0.29, 0.717) is 5.56 Å². The van der Waals surface area contributed by atoms with Crippen LogP contribution in [0.3, 0.4) is 0 Å². The van der Waals surface area contributed by atoms with Crippen molar-refractivity contribution < 1.29 is 29.7 Å². The minimum absolute atomic E-state index is 0.0826. The number of hydrogen-bond acceptors (Lipinski definition) is 5. The normalized spacial score (nSPS) is 10.8. The summed E-state index contributed by atoms with van der Waals surface area (Å²) in [7, 11) is 0. The number of carbonyl (C=O) groups is 3. The number of para-hydroxylation sites is 1. The number of Topliss-reactive ketones (excluding diaryl/α,β-unsaturated/α-hetero) is 1. The summed E-state index contributed by atoms with van der Waals surface area (Å²) in [4.78, 5) is 29.3. The first-order chi connectivity index (χ1) is 8.75. The van der Waals surface area contributed by atoms with Crippen molar-refractivity contribution in [2.75, 3.05) is 0 Å². The molecular weight excluding hydrogens is 254 g/mol. The van der Waals surface area contributed by atoms with Crippen molar-refractivity contribution in [1.82, 2.24) is 0 Å². The minimum Gasteiger partial charge on any atom is -0.508 e. The molecule has 0 bridgehead atoms. The Balaban J connectivity index is 0.000000459. The van der Waals surface area contributed by atoms with E-state index >= 15 is 0 Å². The molecule has 0 aliphatic rings. The van der Waals surface area contributed by atoms with Gasteiger partial charge in [-0.2, -0.15) is 0 Å². The van der Waals surface area contributed by atoms with Crippen molar-refractivity contribution in [2.24, 2.45) is 5.73 Å². The Morgan fingerprint density at radius 2 is 1.68 bits per heavy atom. The Labute approximate surface area is 109 Å². The fourth-order valence-corrected chi connectivity index (χ4v) is 1.01. The molecule has 104 valence electrons. The highest BCUT2D eigenvalue weighted by molar-refractivity contribution is 6.31. The molecule has 0 spiro atoms. The molecule has 1 aromatic carbocycles. The molecule has 19 heavy (non-hydrogen) atoms. The van der Waals surface area contributed by atoms with E-state index in [9.17, 15) is 19.5 Å². The number of nitrogens with two attached hydrogens (primary N) is 1. The number of benzene rings is 1. The van der Waals surface area contributed by atoms with Crippen molar-refractivity contribution in [2.45, 2.75) is 19.4 Å². The highest BCUT2D eigenvalue weighted by Crippen LogP contribution is 2.16. The molecule has 7 heteroatoms. The molecular formula is C12H15NO6. The Morgan fingerprint density at radius 1 is 1.21 bits per heavy atom. The molecule has 0 fully saturated rings. The summed E-state index contributed by atoms with van der Waals surface area (Å²) in [5.41, 5.74) is 5.86. The molecule has 7 nitrogen and oxygen atoms in total. The Kier molecular flexibility index (Phi) is 6.83. The van der Waals surface area contributed by atoms with Gasteiger partial charge in [0, 0.05) is 13.3 Å². The number of ketones is 1. The molecule has 0 aliphatic heterocycles. The highest BCUT2D eigenvalue weighted by atomic mass is 16.4. The zero-order valence-corrected chi connectivity index (χ0v) is 10.2. The van der Waals surface area contributed by atoms with E-state index in [1.807, 2.05) is 0 Å². The zero-order chi connectivity index (χ0) is 15.0. The van der Waals surface area contributed by atoms with Gasteiger partial charge in [0.2, 0.25) is 5.78 Å². The summed E-state index contributed by atoms with van der Waals surface area (Å²) in [5, 5.41) is 25.5. The predicted molar refractivity (Wildman–Crippen MR) is 65.7 cm³/mol. The van der Waals surface area contributed by atoms with Gasteiger partial charge in [-0.3, -0.25) is 9.59 Å². The van der Waals surface area contributed by atoms with Crippen LogP contribution in [0.25, 0.3) is 0 Å². The van der Waals surface area contributed by atoms with Crippen LogP contribution in [-0.2, 0) is 20.8 Å². The van der Waals surface area contributed by atoms with Crippen LogP contribution in [0.4, 0.5) is 0 Å². The first-order valence-electron chi connectivity index (χ1n) is 5.24. The summed E-state index contributed by atoms with van der Waals surface area (Å²) < 4.78 is 0. The molecule has 1 aromatic rings. The maximum absolute atomic E-state index is 10.4. The lowest BCUT2D eigenvalue weighted by Crippen LogP contribution is -2.32. The van der Waals surface area contributed by atoms with E-state index in [1.165, 1.54) is 6.07 Å². The van der Waals surface area contributed by atoms with Crippen molar-refractivity contribution in [3.05, 3.63) is 29.8 Å². The van der Waals surface area contributed by atoms with Crippen LogP contribution in [0.2, 0.25) is 0 Å². The second-order valence-electron chi connectivity index (χ2n) is 3.64. The van der Waals surface area contributed by atoms with Gasteiger partial charge in [0.05, 0.1) is 0 Å². The fourth-order valence-electron chi connectivity index (χ4n) is 1.01. The molecule has 0 heterocycles. The molecule has 1 atom stereocenters. The third kappa shape index (κ3) is 6.79. The Hall–Kier alpha value is -2.41. The fraction of sp³-hybridized carbons (Fsp3) is 0.250. The van der Waals surface area contributed by atoms with Crippen LogP contribution in [0.5, 0.6) is 5.75 Å². The minimum atomic E-state index is -1.38. The molecule has 0 aliphatic carbocycles. The van der Waals surface area contributed by atoms with E-state index in [1.54, 1.807) is 18.2 Å². The lowest BCUT2D eigenvalue weighted by Gasteiger charge is -2.07. The topological polar surface area (TPSA) is 138 Å². The summed E-state index contributed by atoms with van der Waals surface area (Å²) in [5.74, 6) is -3.19. The maximum atomic E-state index is 10.4. The highest BCUT2D eigenvalue weighted by Gasteiger charge is 2.13. The molecule has 0 saturated heterocycles. The van der Waals surface area contributed by atoms with Crippen LogP contribution in [-0.4, -0.2) is 39.1 Å². The molecule has 1 rings (SSSR count). The quantitative estimate of drug-likeness (QED) is 0.564. The lowest BCUT2D eigenvalue weighted by molar-refractivity contribution is -0.148. The number of aromatic hydroxyl groups is 1. The van der Waals surface area contributed by atoms with Crippen molar-refractivity contribution in [1.29, 1.82) is 0 Å². The number of carboxylic acids is 2. The SMILES string of the molecule is CC(=O)C(=O)O.NC(Cc1ccccc1O)C(=O)O. The van der Waals surface area contributed by atoms with Gasteiger partial charge in [0.25, 0.3) is 0 Å². The number of carbonyl (C=O) groups excluding carboxylic acids is 1. The number of phenolic OH excluding ortho intramolecular Hbond substituents is 1. The van der Waals surface area contributed by atoms with Crippen molar-refractivity contribution in [3.63, 3.8) is 0 Å². The Bertz CT molecular complexity index is 459. The third-order valence-corrected chi connectivity index (χ3v) is 2.05. The molecule has 0 amide bonds. The van der Waals surface area contributed by atoms with Crippen molar-refractivity contribution in [3.8, 4) is 5.75 Å². The molecule has 5 N–H and O–H groups in total. The maximum Gasteiger partial charge on any atom is 0.371 e. The van der Waals surface area contributed by atoms with Gasteiger partial charge >= 0.3 is 11.9 Å². The number of carboxylic acid groups (broad SMARTS) is 2. The van der Waals surface area contributed by atoms with E-state index < -0.39 is 23.8 Å². The number of rotatable bonds is 4. The van der Waals surface area contributed by atoms with Crippen molar-refractivity contribution >= 4 is 17.7 Å². The van der Waals surface area contributed by atoms with Crippen LogP contribution in [0.1, 0.15) is 12.5 Å². The van der Waals surface area contributed by atoms with Gasteiger partial charge in [-0.05, 0) is 11.6 Å². The monoisotopic (exact) mass is 269 g/mol. The summed E-state index contributed by atoms with van der Waals surface area (Å²) in [6.45, 7) is 1.00. The number of aliphatic carboxylic acids is 2.